The van der Waals surface area contributed by atoms with Crippen molar-refractivity contribution in [3.8, 4) is 0 Å². The molecule has 0 amide bonds. The molecule has 19 heavy (non-hydrogen) atoms. The molecule has 2 heterocycles. The average Bonchev–Trinajstić information content (AvgIpc) is 2.93. The normalized spacial score (nSPS) is 30.7. The van der Waals surface area contributed by atoms with Gasteiger partial charge in [-0.15, -0.1) is 0 Å². The van der Waals surface area contributed by atoms with Gasteiger partial charge in [-0.2, -0.15) is 0 Å². The molecule has 8 heteroatoms. The maximum absolute atomic E-state index is 11.1. The molecule has 2 rings (SSSR count). The first kappa shape index (κ1) is 14.6. The van der Waals surface area contributed by atoms with Crippen LogP contribution in [0.5, 0.6) is 0 Å². The fraction of sp³-hybridized carbons (Fsp3) is 0.636. The number of aliphatic hydroxyl groups excluding tert-OH is 3. The van der Waals surface area contributed by atoms with Gasteiger partial charge in [-0.3, -0.25) is 0 Å². The Hall–Kier alpha value is -0.761. The van der Waals surface area contributed by atoms with Crippen molar-refractivity contribution in [2.45, 2.75) is 37.8 Å². The molecule has 1 aromatic heterocycles. The second-order valence-corrected chi connectivity index (χ2v) is 6.58. The van der Waals surface area contributed by atoms with Crippen molar-refractivity contribution >= 4 is 20.5 Å². The molecule has 1 aromatic rings. The van der Waals surface area contributed by atoms with Crippen molar-refractivity contribution in [3.05, 3.63) is 14.7 Å². The predicted molar refractivity (Wildman–Crippen MR) is 64.2 cm³/mol. The summed E-state index contributed by atoms with van der Waals surface area (Å²) in [6.45, 7) is 1.44. The number of nitrogens with zero attached hydrogens (tertiary/aromatic N) is 1. The summed E-state index contributed by atoms with van der Waals surface area (Å²) in [6.07, 6.45) is -3.51. The second-order valence-electron chi connectivity index (χ2n) is 4.24. The number of carbonyl (C=O) groups is 1. The Morgan fingerprint density at radius 2 is 2.11 bits per heavy atom. The molecule has 1 aliphatic heterocycles. The van der Waals surface area contributed by atoms with Gasteiger partial charge in [0.2, 0.25) is 0 Å². The molecule has 4 atom stereocenters. The molecule has 106 valence electrons. The molecular weight excluding hydrogens is 321 g/mol. The van der Waals surface area contributed by atoms with E-state index in [2.05, 4.69) is 4.98 Å². The van der Waals surface area contributed by atoms with Crippen LogP contribution >= 0.6 is 0 Å². The van der Waals surface area contributed by atoms with Gasteiger partial charge in [0, 0.05) is 0 Å². The number of ether oxygens (including phenoxy) is 1. The van der Waals surface area contributed by atoms with Gasteiger partial charge in [0.15, 0.2) is 0 Å². The topological polar surface area (TPSA) is 120 Å². The summed E-state index contributed by atoms with van der Waals surface area (Å²) < 4.78 is 6.53. The summed E-state index contributed by atoms with van der Waals surface area (Å²) in [5.74, 6) is -1.10. The Balaban J connectivity index is 2.30. The monoisotopic (exact) mass is 337 g/mol. The molecule has 7 nitrogen and oxygen atoms in total. The van der Waals surface area contributed by atoms with Gasteiger partial charge in [0.05, 0.1) is 0 Å². The van der Waals surface area contributed by atoms with E-state index in [1.165, 1.54) is 0 Å². The van der Waals surface area contributed by atoms with Crippen LogP contribution in [0, 0.1) is 0 Å². The first-order valence-electron chi connectivity index (χ1n) is 5.84. The molecule has 1 saturated heterocycles. The molecule has 0 spiro atoms. The quantitative estimate of drug-likeness (QED) is 0.497. The van der Waals surface area contributed by atoms with Gasteiger partial charge in [-0.25, -0.2) is 0 Å². The number of carboxylic acids is 1. The number of hydrogen-bond donors (Lipinski definition) is 4. The summed E-state index contributed by atoms with van der Waals surface area (Å²) >= 11 is -0.307. The van der Waals surface area contributed by atoms with Crippen LogP contribution in [-0.4, -0.2) is 70.8 Å². The van der Waals surface area contributed by atoms with Gasteiger partial charge >= 0.3 is 114 Å². The van der Waals surface area contributed by atoms with Crippen LogP contribution in [0.1, 0.15) is 32.5 Å². The van der Waals surface area contributed by atoms with E-state index < -0.39 is 37.0 Å². The molecule has 0 radical (unpaired) electrons. The summed E-state index contributed by atoms with van der Waals surface area (Å²) in [5, 5.41) is 37.6. The van der Waals surface area contributed by atoms with Crippen LogP contribution < -0.4 is 0 Å². The summed E-state index contributed by atoms with van der Waals surface area (Å²) in [7, 11) is 0. The van der Waals surface area contributed by atoms with E-state index in [9.17, 15) is 15.0 Å². The van der Waals surface area contributed by atoms with E-state index in [4.69, 9.17) is 14.9 Å². The third-order valence-electron chi connectivity index (χ3n) is 3.02. The summed E-state index contributed by atoms with van der Waals surface area (Å²) in [6, 6.07) is 0. The zero-order valence-electron chi connectivity index (χ0n) is 10.2. The van der Waals surface area contributed by atoms with Crippen molar-refractivity contribution in [3.63, 3.8) is 0 Å². The molecule has 1 fully saturated rings. The van der Waals surface area contributed by atoms with Crippen LogP contribution in [0.2, 0.25) is 0 Å². The number of rotatable bonds is 4. The number of aliphatic hydroxyl groups is 3. The molecule has 0 aliphatic carbocycles. The summed E-state index contributed by atoms with van der Waals surface area (Å²) in [5.41, 5.74) is 0.00948. The molecule has 4 N–H and O–H groups in total. The first-order valence-corrected chi connectivity index (χ1v) is 7.56. The van der Waals surface area contributed by atoms with Crippen LogP contribution in [0.3, 0.4) is 0 Å². The number of carboxylic acid groups (broad SMARTS) is 1. The summed E-state index contributed by atoms with van der Waals surface area (Å²) in [4.78, 5) is 15.1. The van der Waals surface area contributed by atoms with E-state index in [1.54, 1.807) is 0 Å². The average molecular weight is 336 g/mol. The fourth-order valence-corrected chi connectivity index (χ4v) is 4.26. The minimum absolute atomic E-state index is 0.00948. The molecular formula is C11H15NO6Se. The molecule has 0 bridgehead atoms. The van der Waals surface area contributed by atoms with Crippen molar-refractivity contribution in [1.29, 1.82) is 0 Å². The third-order valence-corrected chi connectivity index (χ3v) is 5.67. The Bertz CT molecular complexity index is 476. The minimum atomic E-state index is -1.19. The van der Waals surface area contributed by atoms with Crippen LogP contribution in [0.25, 0.3) is 0 Å². The Kier molecular flexibility index (Phi) is 4.39. The van der Waals surface area contributed by atoms with E-state index in [1.807, 2.05) is 6.92 Å². The Morgan fingerprint density at radius 1 is 1.42 bits per heavy atom. The van der Waals surface area contributed by atoms with E-state index >= 15 is 0 Å². The van der Waals surface area contributed by atoms with Gasteiger partial charge in [-0.05, 0) is 0 Å². The molecule has 0 unspecified atom stereocenters. The van der Waals surface area contributed by atoms with Crippen LogP contribution in [0.15, 0.2) is 0 Å². The van der Waals surface area contributed by atoms with E-state index in [-0.39, 0.29) is 20.2 Å². The Labute approximate surface area is 115 Å². The van der Waals surface area contributed by atoms with Gasteiger partial charge < -0.3 is 0 Å². The fourth-order valence-electron chi connectivity index (χ4n) is 2.00. The van der Waals surface area contributed by atoms with E-state index in [0.717, 1.165) is 4.44 Å². The van der Waals surface area contributed by atoms with Crippen molar-refractivity contribution in [2.24, 2.45) is 0 Å². The number of aromatic nitrogens is 1. The maximum atomic E-state index is 11.1. The number of aromatic carboxylic acids is 1. The number of aryl methyl sites for hydroxylation is 1. The predicted octanol–water partition coefficient (Wildman–Crippen LogP) is -1.45. The van der Waals surface area contributed by atoms with Crippen LogP contribution in [0.4, 0.5) is 0 Å². The zero-order chi connectivity index (χ0) is 14.2. The first-order chi connectivity index (χ1) is 8.99. The van der Waals surface area contributed by atoms with E-state index in [0.29, 0.717) is 11.0 Å². The molecule has 1 aliphatic rings. The standard InChI is InChI=1S/C11H15NO6Se/c1-2-5-6(11(16)17)12-10(19-5)9-8(15)7(14)4(3-13)18-9/h4,7-9,13-15H,2-3H2,1H3,(H,16,17)/t4-,7-,8-,9-/m1/s1. The second kappa shape index (κ2) is 5.70. The van der Waals surface area contributed by atoms with Crippen molar-refractivity contribution < 1.29 is 30.0 Å². The Morgan fingerprint density at radius 3 is 2.53 bits per heavy atom. The molecule has 0 saturated carbocycles. The van der Waals surface area contributed by atoms with Crippen molar-refractivity contribution in [2.75, 3.05) is 6.61 Å². The zero-order valence-corrected chi connectivity index (χ0v) is 11.9. The molecule has 0 aromatic carbocycles. The van der Waals surface area contributed by atoms with Gasteiger partial charge in [-0.1, -0.05) is 0 Å². The van der Waals surface area contributed by atoms with Crippen LogP contribution in [-0.2, 0) is 11.2 Å². The van der Waals surface area contributed by atoms with Crippen molar-refractivity contribution in [1.82, 2.24) is 4.98 Å². The van der Waals surface area contributed by atoms with Gasteiger partial charge in [0.1, 0.15) is 0 Å². The number of hydrogen-bond acceptors (Lipinski definition) is 6. The van der Waals surface area contributed by atoms with Gasteiger partial charge in [0.25, 0.3) is 0 Å². The third kappa shape index (κ3) is 2.60. The SMILES string of the molecule is CCc1[se]c([C@@H]2O[C@H](CO)[C@@H](O)[C@H]2O)nc1C(=O)O.